The quantitative estimate of drug-likeness (QED) is 0.249. The summed E-state index contributed by atoms with van der Waals surface area (Å²) < 4.78 is 9.55. The summed E-state index contributed by atoms with van der Waals surface area (Å²) in [4.78, 5) is 32.4. The maximum absolute atomic E-state index is 14.1. The number of nitriles is 1. The summed E-state index contributed by atoms with van der Waals surface area (Å²) >= 11 is 7.89. The summed E-state index contributed by atoms with van der Waals surface area (Å²) in [5.74, 6) is -0.524. The molecule has 0 N–H and O–H groups in total. The number of esters is 1. The molecular formula is C33H25ClN4O3S. The number of hydrogen-bond donors (Lipinski definition) is 0. The van der Waals surface area contributed by atoms with E-state index in [2.05, 4.69) is 15.6 Å². The van der Waals surface area contributed by atoms with Crippen molar-refractivity contribution in [3.63, 3.8) is 0 Å². The summed E-state index contributed by atoms with van der Waals surface area (Å²) in [6.45, 7) is 4.30. The lowest BCUT2D eigenvalue weighted by Gasteiger charge is -2.25. The van der Waals surface area contributed by atoms with Crippen molar-refractivity contribution in [2.45, 2.75) is 26.4 Å². The monoisotopic (exact) mass is 592 g/mol. The molecule has 5 aromatic rings. The van der Waals surface area contributed by atoms with Crippen LogP contribution in [0.25, 0.3) is 17.0 Å². The maximum atomic E-state index is 14.1. The number of ether oxygens (including phenoxy) is 1. The van der Waals surface area contributed by atoms with Crippen molar-refractivity contribution in [2.24, 2.45) is 4.99 Å². The van der Waals surface area contributed by atoms with Crippen molar-refractivity contribution >= 4 is 45.9 Å². The van der Waals surface area contributed by atoms with Crippen LogP contribution in [0.2, 0.25) is 5.02 Å². The van der Waals surface area contributed by atoms with Crippen LogP contribution in [0.15, 0.2) is 100 Å². The van der Waals surface area contributed by atoms with Gasteiger partial charge in [0, 0.05) is 34.2 Å². The molecule has 0 spiro atoms. The fourth-order valence-corrected chi connectivity index (χ4v) is 6.60. The molecule has 42 heavy (non-hydrogen) atoms. The first-order chi connectivity index (χ1) is 20.4. The van der Waals surface area contributed by atoms with E-state index in [9.17, 15) is 9.59 Å². The molecular weight excluding hydrogens is 568 g/mol. The Kier molecular flexibility index (Phi) is 7.38. The average molecular weight is 593 g/mol. The van der Waals surface area contributed by atoms with E-state index in [1.54, 1.807) is 24.5 Å². The number of nitrogens with zero attached hydrogens (tertiary/aromatic N) is 4. The van der Waals surface area contributed by atoms with Crippen LogP contribution >= 0.6 is 22.9 Å². The molecule has 0 radical (unpaired) electrons. The largest absolute Gasteiger partial charge is 0.463 e. The Morgan fingerprint density at radius 1 is 1.12 bits per heavy atom. The number of halogens is 1. The molecule has 3 heterocycles. The number of allylic oxidation sites excluding steroid dienone is 1. The summed E-state index contributed by atoms with van der Waals surface area (Å²) in [6.07, 6.45) is 3.91. The van der Waals surface area contributed by atoms with E-state index in [1.807, 2.05) is 79.0 Å². The van der Waals surface area contributed by atoms with Crippen molar-refractivity contribution in [1.82, 2.24) is 9.13 Å². The van der Waals surface area contributed by atoms with Crippen LogP contribution in [-0.4, -0.2) is 21.7 Å². The van der Waals surface area contributed by atoms with Gasteiger partial charge in [0.25, 0.3) is 5.56 Å². The molecule has 1 aliphatic rings. The van der Waals surface area contributed by atoms with Gasteiger partial charge in [-0.15, -0.1) is 0 Å². The van der Waals surface area contributed by atoms with Crippen LogP contribution in [-0.2, 0) is 16.1 Å². The van der Waals surface area contributed by atoms with E-state index in [4.69, 9.17) is 21.6 Å². The van der Waals surface area contributed by atoms with Gasteiger partial charge in [-0.1, -0.05) is 71.5 Å². The molecule has 7 nitrogen and oxygen atoms in total. The SMILES string of the molecule is CCOC(=O)C1=C(C)N=c2s/c(=C\c3cn(Cc4ccc(C#N)cc4)c4ccccc34)c(=O)n2[C@H]1c1ccccc1Cl. The molecule has 2 aromatic heterocycles. The number of hydrogen-bond acceptors (Lipinski definition) is 6. The number of carbonyl (C=O) groups is 1. The molecule has 3 aromatic carbocycles. The van der Waals surface area contributed by atoms with Crippen LogP contribution in [0, 0.1) is 11.3 Å². The Morgan fingerprint density at radius 2 is 1.86 bits per heavy atom. The van der Waals surface area contributed by atoms with Gasteiger partial charge in [0.2, 0.25) is 0 Å². The van der Waals surface area contributed by atoms with Crippen molar-refractivity contribution in [3.05, 3.63) is 137 Å². The third-order valence-electron chi connectivity index (χ3n) is 7.26. The molecule has 6 rings (SSSR count). The second-order valence-electron chi connectivity index (χ2n) is 9.86. The first-order valence-electron chi connectivity index (χ1n) is 13.4. The summed E-state index contributed by atoms with van der Waals surface area (Å²) in [6, 6.07) is 24.1. The van der Waals surface area contributed by atoms with Gasteiger partial charge in [-0.05, 0) is 55.3 Å². The second kappa shape index (κ2) is 11.3. The average Bonchev–Trinajstić information content (AvgIpc) is 3.49. The minimum atomic E-state index is -0.770. The Hall–Kier alpha value is -4.71. The van der Waals surface area contributed by atoms with Gasteiger partial charge >= 0.3 is 5.97 Å². The fraction of sp³-hybridized carbons (Fsp3) is 0.152. The van der Waals surface area contributed by atoms with Gasteiger partial charge in [-0.25, -0.2) is 9.79 Å². The Bertz CT molecular complexity index is 2110. The minimum absolute atomic E-state index is 0.196. The molecule has 0 bridgehead atoms. The highest BCUT2D eigenvalue weighted by Crippen LogP contribution is 2.34. The van der Waals surface area contributed by atoms with Crippen LogP contribution in [0.3, 0.4) is 0 Å². The van der Waals surface area contributed by atoms with Crippen LogP contribution in [0.5, 0.6) is 0 Å². The molecule has 0 fully saturated rings. The van der Waals surface area contributed by atoms with Crippen molar-refractivity contribution in [1.29, 1.82) is 5.26 Å². The molecule has 0 aliphatic carbocycles. The highest BCUT2D eigenvalue weighted by Gasteiger charge is 2.34. The third-order valence-corrected chi connectivity index (χ3v) is 8.59. The van der Waals surface area contributed by atoms with E-state index < -0.39 is 12.0 Å². The topological polar surface area (TPSA) is 89.4 Å². The number of rotatable bonds is 6. The fourth-order valence-electron chi connectivity index (χ4n) is 5.33. The predicted octanol–water partition coefficient (Wildman–Crippen LogP) is 5.33. The van der Waals surface area contributed by atoms with Crippen LogP contribution in [0.1, 0.15) is 42.1 Å². The molecule has 1 atom stereocenters. The summed E-state index contributed by atoms with van der Waals surface area (Å²) in [5, 5.41) is 10.6. The first-order valence-corrected chi connectivity index (χ1v) is 14.6. The number of carbonyl (C=O) groups excluding carboxylic acids is 1. The van der Waals surface area contributed by atoms with E-state index in [1.165, 1.54) is 11.3 Å². The number of para-hydroxylation sites is 1. The van der Waals surface area contributed by atoms with Crippen molar-refractivity contribution in [3.8, 4) is 6.07 Å². The molecule has 0 saturated heterocycles. The van der Waals surface area contributed by atoms with Crippen LogP contribution < -0.4 is 14.9 Å². The standard InChI is InChI=1S/C33H25ClN4O3S/c1-3-41-32(40)29-20(2)36-33-38(30(29)25-9-4-6-10-26(25)34)31(39)28(42-33)16-23-19-37(27-11-7-5-8-24(23)27)18-22-14-12-21(17-35)13-15-22/h4-16,19,30H,3,18H2,1-2H3/b28-16-/t30-/m0/s1. The van der Waals surface area contributed by atoms with E-state index >= 15 is 0 Å². The van der Waals surface area contributed by atoms with Crippen molar-refractivity contribution < 1.29 is 9.53 Å². The number of aromatic nitrogens is 2. The molecule has 0 unspecified atom stereocenters. The zero-order chi connectivity index (χ0) is 29.4. The van der Waals surface area contributed by atoms with Crippen molar-refractivity contribution in [2.75, 3.05) is 6.61 Å². The third kappa shape index (κ3) is 4.87. The number of fused-ring (bicyclic) bond motifs is 2. The Balaban J connectivity index is 1.51. The Labute approximate surface area is 250 Å². The lowest BCUT2D eigenvalue weighted by molar-refractivity contribution is -0.139. The zero-order valence-corrected chi connectivity index (χ0v) is 24.4. The molecule has 0 amide bonds. The highest BCUT2D eigenvalue weighted by molar-refractivity contribution is 7.07. The van der Waals surface area contributed by atoms with Gasteiger partial charge in [0.1, 0.15) is 6.04 Å². The zero-order valence-electron chi connectivity index (χ0n) is 22.9. The van der Waals surface area contributed by atoms with E-state index in [0.717, 1.165) is 22.0 Å². The second-order valence-corrected chi connectivity index (χ2v) is 11.3. The van der Waals surface area contributed by atoms with Gasteiger partial charge in [0.15, 0.2) is 4.80 Å². The molecule has 0 saturated carbocycles. The lowest BCUT2D eigenvalue weighted by atomic mass is 9.96. The molecule has 1 aliphatic heterocycles. The van der Waals surface area contributed by atoms with E-state index in [-0.39, 0.29) is 12.2 Å². The van der Waals surface area contributed by atoms with Gasteiger partial charge in [0.05, 0.1) is 34.0 Å². The lowest BCUT2D eigenvalue weighted by Crippen LogP contribution is -2.40. The van der Waals surface area contributed by atoms with Gasteiger partial charge < -0.3 is 9.30 Å². The van der Waals surface area contributed by atoms with E-state index in [0.29, 0.717) is 43.3 Å². The van der Waals surface area contributed by atoms with Gasteiger partial charge in [-0.2, -0.15) is 5.26 Å². The molecule has 9 heteroatoms. The summed E-state index contributed by atoms with van der Waals surface area (Å²) in [5.41, 5.74) is 4.74. The highest BCUT2D eigenvalue weighted by atomic mass is 35.5. The maximum Gasteiger partial charge on any atom is 0.338 e. The minimum Gasteiger partial charge on any atom is -0.463 e. The van der Waals surface area contributed by atoms with Gasteiger partial charge in [-0.3, -0.25) is 9.36 Å². The number of thiazole rings is 1. The molecule has 208 valence electrons. The summed E-state index contributed by atoms with van der Waals surface area (Å²) in [7, 11) is 0. The predicted molar refractivity (Wildman–Crippen MR) is 164 cm³/mol. The first kappa shape index (κ1) is 27.5. The number of benzene rings is 3. The normalized spacial score (nSPS) is 14.9. The van der Waals surface area contributed by atoms with Crippen LogP contribution in [0.4, 0.5) is 0 Å². The Morgan fingerprint density at radius 3 is 2.60 bits per heavy atom. The smallest absolute Gasteiger partial charge is 0.338 e.